The molecule has 1 aromatic carbocycles. The number of fused-ring (bicyclic) bond motifs is 1. The van der Waals surface area contributed by atoms with Crippen LogP contribution < -0.4 is 10.6 Å². The predicted octanol–water partition coefficient (Wildman–Crippen LogP) is 3.31. The number of thioether (sulfide) groups is 1. The molecule has 2 aromatic rings. The van der Waals surface area contributed by atoms with Crippen LogP contribution in [0, 0.1) is 6.92 Å². The van der Waals surface area contributed by atoms with E-state index in [1.165, 1.54) is 11.1 Å². The Morgan fingerprint density at radius 1 is 1.37 bits per heavy atom. The fourth-order valence-electron chi connectivity index (χ4n) is 2.25. The Labute approximate surface area is 119 Å². The van der Waals surface area contributed by atoms with E-state index in [9.17, 15) is 0 Å². The van der Waals surface area contributed by atoms with Crippen LogP contribution in [0.25, 0.3) is 10.8 Å². The van der Waals surface area contributed by atoms with Gasteiger partial charge in [0.15, 0.2) is 0 Å². The Kier molecular flexibility index (Phi) is 4.20. The highest BCUT2D eigenvalue weighted by atomic mass is 32.2. The van der Waals surface area contributed by atoms with E-state index in [-0.39, 0.29) is 0 Å². The van der Waals surface area contributed by atoms with Crippen molar-refractivity contribution in [2.45, 2.75) is 19.9 Å². The number of aromatic nitrogens is 1. The van der Waals surface area contributed by atoms with Crippen molar-refractivity contribution in [1.82, 2.24) is 4.98 Å². The molecule has 3 nitrogen and oxygen atoms in total. The first kappa shape index (κ1) is 14.0. The molecule has 0 amide bonds. The molecule has 0 bridgehead atoms. The van der Waals surface area contributed by atoms with Gasteiger partial charge in [-0.3, -0.25) is 4.98 Å². The minimum absolute atomic E-state index is 0.482. The lowest BCUT2D eigenvalue weighted by molar-refractivity contribution is 0.768. The number of pyridine rings is 1. The average molecular weight is 275 g/mol. The second-order valence-electron chi connectivity index (χ2n) is 4.96. The summed E-state index contributed by atoms with van der Waals surface area (Å²) in [6, 6.07) is 6.67. The topological polar surface area (TPSA) is 42.1 Å². The number of nitrogens with two attached hydrogens (primary N) is 1. The summed E-state index contributed by atoms with van der Waals surface area (Å²) in [5.41, 5.74) is 9.07. The first-order valence-electron chi connectivity index (χ1n) is 6.41. The molecule has 0 spiro atoms. The standard InChI is InChI=1S/C15H21N3S/c1-10-7-12-13(8-17-10)14(16)5-6-15(12)18(3)11(2)9-19-4/h5-8,11H,9,16H2,1-4H3. The Bertz CT molecular complexity index is 583. The molecule has 0 saturated carbocycles. The van der Waals surface area contributed by atoms with Crippen LogP contribution in [0.15, 0.2) is 24.4 Å². The molecule has 0 aliphatic heterocycles. The SMILES string of the molecule is CSCC(C)N(C)c1ccc(N)c2cnc(C)cc12. The van der Waals surface area contributed by atoms with Crippen molar-refractivity contribution < 1.29 is 0 Å². The smallest absolute Gasteiger partial charge is 0.0448 e. The second kappa shape index (κ2) is 5.70. The van der Waals surface area contributed by atoms with Crippen molar-refractivity contribution >= 4 is 33.9 Å². The monoisotopic (exact) mass is 275 g/mol. The molecule has 1 heterocycles. The molecule has 0 aliphatic rings. The van der Waals surface area contributed by atoms with Gasteiger partial charge in [0.25, 0.3) is 0 Å². The van der Waals surface area contributed by atoms with Crippen molar-refractivity contribution in [2.75, 3.05) is 29.7 Å². The third kappa shape index (κ3) is 2.78. The quantitative estimate of drug-likeness (QED) is 0.869. The molecular formula is C15H21N3S. The van der Waals surface area contributed by atoms with Crippen LogP contribution in [0.4, 0.5) is 11.4 Å². The molecule has 102 valence electrons. The zero-order chi connectivity index (χ0) is 14.0. The number of hydrogen-bond acceptors (Lipinski definition) is 4. The Morgan fingerprint density at radius 3 is 2.79 bits per heavy atom. The van der Waals surface area contributed by atoms with Crippen molar-refractivity contribution in [3.63, 3.8) is 0 Å². The van der Waals surface area contributed by atoms with Crippen LogP contribution in [-0.2, 0) is 0 Å². The van der Waals surface area contributed by atoms with Gasteiger partial charge >= 0.3 is 0 Å². The molecular weight excluding hydrogens is 254 g/mol. The Balaban J connectivity index is 2.54. The lowest BCUT2D eigenvalue weighted by atomic mass is 10.1. The Hall–Kier alpha value is -1.42. The fraction of sp³-hybridized carbons (Fsp3) is 0.400. The van der Waals surface area contributed by atoms with E-state index in [2.05, 4.69) is 42.2 Å². The molecule has 0 radical (unpaired) electrons. The largest absolute Gasteiger partial charge is 0.398 e. The van der Waals surface area contributed by atoms with Gasteiger partial charge in [-0.15, -0.1) is 0 Å². The Morgan fingerprint density at radius 2 is 2.11 bits per heavy atom. The van der Waals surface area contributed by atoms with Crippen molar-refractivity contribution in [3.8, 4) is 0 Å². The number of aryl methyl sites for hydroxylation is 1. The summed E-state index contributed by atoms with van der Waals surface area (Å²) < 4.78 is 0. The first-order valence-corrected chi connectivity index (χ1v) is 7.80. The highest BCUT2D eigenvalue weighted by Crippen LogP contribution is 2.31. The average Bonchev–Trinajstić information content (AvgIpc) is 2.38. The van der Waals surface area contributed by atoms with Crippen LogP contribution >= 0.6 is 11.8 Å². The molecule has 19 heavy (non-hydrogen) atoms. The highest BCUT2D eigenvalue weighted by Gasteiger charge is 2.13. The minimum Gasteiger partial charge on any atom is -0.398 e. The summed E-state index contributed by atoms with van der Waals surface area (Å²) in [6.07, 6.45) is 4.01. The first-order chi connectivity index (χ1) is 9.04. The van der Waals surface area contributed by atoms with Gasteiger partial charge in [0, 0.05) is 52.9 Å². The minimum atomic E-state index is 0.482. The van der Waals surface area contributed by atoms with E-state index in [4.69, 9.17) is 5.73 Å². The highest BCUT2D eigenvalue weighted by molar-refractivity contribution is 7.98. The van der Waals surface area contributed by atoms with Gasteiger partial charge in [0.05, 0.1) is 0 Å². The van der Waals surface area contributed by atoms with Crippen LogP contribution in [0.1, 0.15) is 12.6 Å². The van der Waals surface area contributed by atoms with Gasteiger partial charge in [-0.1, -0.05) is 0 Å². The van der Waals surface area contributed by atoms with E-state index in [0.29, 0.717) is 6.04 Å². The van der Waals surface area contributed by atoms with Gasteiger partial charge in [0.1, 0.15) is 0 Å². The summed E-state index contributed by atoms with van der Waals surface area (Å²) in [4.78, 5) is 6.66. The maximum atomic E-state index is 6.05. The maximum Gasteiger partial charge on any atom is 0.0448 e. The van der Waals surface area contributed by atoms with Crippen molar-refractivity contribution in [1.29, 1.82) is 0 Å². The van der Waals surface area contributed by atoms with Crippen LogP contribution in [0.5, 0.6) is 0 Å². The third-order valence-corrected chi connectivity index (χ3v) is 4.31. The molecule has 1 atom stereocenters. The van der Waals surface area contributed by atoms with Crippen LogP contribution in [0.3, 0.4) is 0 Å². The van der Waals surface area contributed by atoms with Crippen molar-refractivity contribution in [2.24, 2.45) is 0 Å². The van der Waals surface area contributed by atoms with Gasteiger partial charge in [0.2, 0.25) is 0 Å². The molecule has 0 aliphatic carbocycles. The van der Waals surface area contributed by atoms with E-state index in [0.717, 1.165) is 22.5 Å². The number of nitrogen functional groups attached to an aromatic ring is 1. The van der Waals surface area contributed by atoms with Crippen LogP contribution in [-0.4, -0.2) is 30.1 Å². The number of nitrogens with zero attached hydrogens (tertiary/aromatic N) is 2. The zero-order valence-electron chi connectivity index (χ0n) is 12.0. The van der Waals surface area contributed by atoms with E-state index in [1.54, 1.807) is 0 Å². The van der Waals surface area contributed by atoms with Gasteiger partial charge in [-0.25, -0.2) is 0 Å². The van der Waals surface area contributed by atoms with Gasteiger partial charge in [-0.05, 0) is 38.3 Å². The number of hydrogen-bond donors (Lipinski definition) is 1. The summed E-state index contributed by atoms with van der Waals surface area (Å²) in [7, 11) is 2.14. The number of benzene rings is 1. The van der Waals surface area contributed by atoms with E-state index in [1.807, 2.05) is 30.9 Å². The predicted molar refractivity (Wildman–Crippen MR) is 87.1 cm³/mol. The normalized spacial score (nSPS) is 12.6. The van der Waals surface area contributed by atoms with Crippen LogP contribution in [0.2, 0.25) is 0 Å². The third-order valence-electron chi connectivity index (χ3n) is 3.50. The molecule has 4 heteroatoms. The number of anilines is 2. The summed E-state index contributed by atoms with van der Waals surface area (Å²) in [5.74, 6) is 1.10. The molecule has 2 N–H and O–H groups in total. The van der Waals surface area contributed by atoms with Gasteiger partial charge in [-0.2, -0.15) is 11.8 Å². The summed E-state index contributed by atoms with van der Waals surface area (Å²) in [6.45, 7) is 4.25. The summed E-state index contributed by atoms with van der Waals surface area (Å²) >= 11 is 1.87. The molecule has 0 saturated heterocycles. The lowest BCUT2D eigenvalue weighted by Gasteiger charge is -2.28. The molecule has 2 rings (SSSR count). The molecule has 0 fully saturated rings. The lowest BCUT2D eigenvalue weighted by Crippen LogP contribution is -2.30. The molecule has 1 aromatic heterocycles. The van der Waals surface area contributed by atoms with E-state index >= 15 is 0 Å². The fourth-order valence-corrected chi connectivity index (χ4v) is 2.95. The van der Waals surface area contributed by atoms with Gasteiger partial charge < -0.3 is 10.6 Å². The maximum absolute atomic E-state index is 6.05. The van der Waals surface area contributed by atoms with E-state index < -0.39 is 0 Å². The zero-order valence-corrected chi connectivity index (χ0v) is 12.8. The molecule has 1 unspecified atom stereocenters. The second-order valence-corrected chi connectivity index (χ2v) is 5.87. The number of rotatable bonds is 4. The summed E-state index contributed by atoms with van der Waals surface area (Å²) in [5, 5.41) is 2.22. The van der Waals surface area contributed by atoms with Crippen molar-refractivity contribution in [3.05, 3.63) is 30.1 Å².